The first kappa shape index (κ1) is 14.4. The molecular weight excluding hydrogens is 264 g/mol. The molecule has 0 radical (unpaired) electrons. The van der Waals surface area contributed by atoms with Gasteiger partial charge in [-0.1, -0.05) is 6.92 Å². The summed E-state index contributed by atoms with van der Waals surface area (Å²) in [4.78, 5) is 4.41. The van der Waals surface area contributed by atoms with Crippen molar-refractivity contribution in [1.82, 2.24) is 15.0 Å². The number of nitrogens with zero attached hydrogens (tertiary/aromatic N) is 2. The van der Waals surface area contributed by atoms with Crippen molar-refractivity contribution in [2.45, 2.75) is 50.7 Å². The van der Waals surface area contributed by atoms with Crippen LogP contribution in [0.3, 0.4) is 0 Å². The van der Waals surface area contributed by atoms with Crippen LogP contribution in [0, 0.1) is 5.92 Å². The number of aromatic nitrogens is 2. The Morgan fingerprint density at radius 3 is 2.90 bits per heavy atom. The van der Waals surface area contributed by atoms with Gasteiger partial charge >= 0.3 is 0 Å². The Balaban J connectivity index is 1.85. The Morgan fingerprint density at radius 1 is 1.43 bits per heavy atom. The number of hydrogen-bond acceptors (Lipinski definition) is 5. The minimum atomic E-state index is -0.538. The summed E-state index contributed by atoms with van der Waals surface area (Å²) < 4.78 is 1.94. The molecular formula is C15H26N6. The molecule has 0 amide bonds. The summed E-state index contributed by atoms with van der Waals surface area (Å²) in [5.41, 5.74) is 16.6. The number of hydrogen-bond donors (Lipinski definition) is 4. The second kappa shape index (κ2) is 5.69. The van der Waals surface area contributed by atoms with Gasteiger partial charge in [-0.25, -0.2) is 9.66 Å². The van der Waals surface area contributed by atoms with Gasteiger partial charge in [0.1, 0.15) is 5.66 Å². The molecule has 0 aromatic carbocycles. The maximum absolute atomic E-state index is 6.70. The molecule has 6 nitrogen and oxygen atoms in total. The topological polar surface area (TPSA) is 93.9 Å². The van der Waals surface area contributed by atoms with Crippen LogP contribution in [-0.2, 0) is 0 Å². The van der Waals surface area contributed by atoms with Crippen LogP contribution >= 0.6 is 0 Å². The van der Waals surface area contributed by atoms with Crippen LogP contribution in [0.5, 0.6) is 0 Å². The van der Waals surface area contributed by atoms with Crippen molar-refractivity contribution in [3.05, 3.63) is 24.3 Å². The van der Waals surface area contributed by atoms with Crippen LogP contribution in [0.15, 0.2) is 18.5 Å². The van der Waals surface area contributed by atoms with Gasteiger partial charge in [0.25, 0.3) is 0 Å². The molecule has 3 rings (SSSR count). The summed E-state index contributed by atoms with van der Waals surface area (Å²) in [6.07, 6.45) is 11.1. The highest BCUT2D eigenvalue weighted by atomic mass is 15.5. The van der Waals surface area contributed by atoms with E-state index in [9.17, 15) is 0 Å². The molecule has 21 heavy (non-hydrogen) atoms. The minimum Gasteiger partial charge on any atom is -0.382 e. The van der Waals surface area contributed by atoms with E-state index in [0.29, 0.717) is 12.0 Å². The molecule has 6 N–H and O–H groups in total. The van der Waals surface area contributed by atoms with Crippen LogP contribution in [0.2, 0.25) is 0 Å². The molecule has 1 aromatic heterocycles. The number of rotatable bonds is 4. The third kappa shape index (κ3) is 2.78. The van der Waals surface area contributed by atoms with Crippen LogP contribution in [0.1, 0.15) is 44.9 Å². The van der Waals surface area contributed by atoms with Crippen molar-refractivity contribution in [1.29, 1.82) is 0 Å². The van der Waals surface area contributed by atoms with Crippen molar-refractivity contribution >= 4 is 5.70 Å². The molecule has 0 saturated heterocycles. The molecule has 2 heterocycles. The zero-order chi connectivity index (χ0) is 14.9. The van der Waals surface area contributed by atoms with E-state index in [4.69, 9.17) is 11.5 Å². The lowest BCUT2D eigenvalue weighted by Gasteiger charge is -2.42. The largest absolute Gasteiger partial charge is 0.382 e. The Hall–Kier alpha value is -1.53. The van der Waals surface area contributed by atoms with Crippen molar-refractivity contribution in [3.8, 4) is 0 Å². The Labute approximate surface area is 125 Å². The smallest absolute Gasteiger partial charge is 0.174 e. The second-order valence-corrected chi connectivity index (χ2v) is 6.26. The average molecular weight is 290 g/mol. The zero-order valence-corrected chi connectivity index (χ0v) is 12.7. The summed E-state index contributed by atoms with van der Waals surface area (Å²) in [5.74, 6) is 1.29. The van der Waals surface area contributed by atoms with E-state index < -0.39 is 5.66 Å². The van der Waals surface area contributed by atoms with Gasteiger partial charge in [0.2, 0.25) is 0 Å². The molecule has 1 saturated carbocycles. The van der Waals surface area contributed by atoms with Crippen LogP contribution in [0.4, 0.5) is 0 Å². The van der Waals surface area contributed by atoms with Crippen molar-refractivity contribution in [3.63, 3.8) is 0 Å². The van der Waals surface area contributed by atoms with Gasteiger partial charge in [-0.15, -0.1) is 0 Å². The van der Waals surface area contributed by atoms with Gasteiger partial charge in [-0.05, 0) is 38.2 Å². The first-order valence-corrected chi connectivity index (χ1v) is 7.95. The third-order valence-corrected chi connectivity index (χ3v) is 4.59. The SMILES string of the molecule is CCCNC1=CC(N)(C2CCC(N)CC2)Nn2ccnc21. The van der Waals surface area contributed by atoms with Gasteiger partial charge in [0.15, 0.2) is 5.82 Å². The average Bonchev–Trinajstić information content (AvgIpc) is 2.93. The lowest BCUT2D eigenvalue weighted by atomic mass is 9.78. The molecule has 6 heteroatoms. The monoisotopic (exact) mass is 290 g/mol. The van der Waals surface area contributed by atoms with Crippen molar-refractivity contribution in [2.75, 3.05) is 12.0 Å². The number of imidazole rings is 1. The quantitative estimate of drug-likeness (QED) is 0.662. The normalized spacial score (nSPS) is 32.0. The van der Waals surface area contributed by atoms with Crippen molar-refractivity contribution < 1.29 is 0 Å². The minimum absolute atomic E-state index is 0.332. The summed E-state index contributed by atoms with van der Waals surface area (Å²) in [7, 11) is 0. The first-order chi connectivity index (χ1) is 10.1. The first-order valence-electron chi connectivity index (χ1n) is 7.95. The highest BCUT2D eigenvalue weighted by Crippen LogP contribution is 2.34. The molecule has 1 aliphatic carbocycles. The van der Waals surface area contributed by atoms with Gasteiger partial charge in [0, 0.05) is 30.9 Å². The lowest BCUT2D eigenvalue weighted by molar-refractivity contribution is 0.238. The summed E-state index contributed by atoms with van der Waals surface area (Å²) in [5, 5.41) is 3.45. The molecule has 1 aliphatic heterocycles. The molecule has 1 atom stereocenters. The Bertz CT molecular complexity index is 514. The predicted molar refractivity (Wildman–Crippen MR) is 84.7 cm³/mol. The highest BCUT2D eigenvalue weighted by molar-refractivity contribution is 5.62. The standard InChI is InChI=1S/C15H26N6/c1-2-7-18-13-10-15(17,11-3-5-12(16)6-4-11)20-21-9-8-19-14(13)21/h8-12,18,20H,2-7,16-17H2,1H3. The maximum Gasteiger partial charge on any atom is 0.174 e. The van der Waals surface area contributed by atoms with Crippen LogP contribution in [0.25, 0.3) is 5.70 Å². The fraction of sp³-hybridized carbons (Fsp3) is 0.667. The summed E-state index contributed by atoms with van der Waals surface area (Å²) in [6, 6.07) is 0.332. The Kier molecular flexibility index (Phi) is 3.91. The molecule has 1 unspecified atom stereocenters. The molecule has 1 fully saturated rings. The maximum atomic E-state index is 6.70. The van der Waals surface area contributed by atoms with Crippen molar-refractivity contribution in [2.24, 2.45) is 17.4 Å². The van der Waals surface area contributed by atoms with E-state index in [1.807, 2.05) is 10.9 Å². The van der Waals surface area contributed by atoms with E-state index >= 15 is 0 Å². The predicted octanol–water partition coefficient (Wildman–Crippen LogP) is 0.953. The molecule has 116 valence electrons. The van der Waals surface area contributed by atoms with E-state index in [-0.39, 0.29) is 0 Å². The fourth-order valence-electron chi connectivity index (χ4n) is 3.33. The van der Waals surface area contributed by atoms with E-state index in [1.165, 1.54) is 0 Å². The second-order valence-electron chi connectivity index (χ2n) is 6.26. The molecule has 0 spiro atoms. The molecule has 1 aromatic rings. The highest BCUT2D eigenvalue weighted by Gasteiger charge is 2.39. The third-order valence-electron chi connectivity index (χ3n) is 4.59. The lowest BCUT2D eigenvalue weighted by Crippen LogP contribution is -2.59. The van der Waals surface area contributed by atoms with Crippen LogP contribution in [-0.4, -0.2) is 27.9 Å². The summed E-state index contributed by atoms with van der Waals surface area (Å²) >= 11 is 0. The Morgan fingerprint density at radius 2 is 2.19 bits per heavy atom. The zero-order valence-electron chi connectivity index (χ0n) is 12.7. The number of nitrogens with one attached hydrogen (secondary N) is 2. The van der Waals surface area contributed by atoms with Gasteiger partial charge in [0.05, 0.1) is 5.70 Å². The number of fused-ring (bicyclic) bond motifs is 1. The summed E-state index contributed by atoms with van der Waals surface area (Å²) in [6.45, 7) is 3.07. The van der Waals surface area contributed by atoms with Gasteiger partial charge < -0.3 is 22.2 Å². The van der Waals surface area contributed by atoms with E-state index in [2.05, 4.69) is 28.7 Å². The molecule has 0 bridgehead atoms. The van der Waals surface area contributed by atoms with Crippen LogP contribution < -0.4 is 22.2 Å². The molecule has 2 aliphatic rings. The van der Waals surface area contributed by atoms with Gasteiger partial charge in [-0.3, -0.25) is 0 Å². The van der Waals surface area contributed by atoms with E-state index in [0.717, 1.165) is 50.2 Å². The number of nitrogens with two attached hydrogens (primary N) is 2. The fourth-order valence-corrected chi connectivity index (χ4v) is 3.33. The van der Waals surface area contributed by atoms with Gasteiger partial charge in [-0.2, -0.15) is 0 Å². The van der Waals surface area contributed by atoms with E-state index in [1.54, 1.807) is 6.20 Å².